The van der Waals surface area contributed by atoms with Crippen LogP contribution in [0.5, 0.6) is 11.5 Å². The fourth-order valence-corrected chi connectivity index (χ4v) is 4.22. The van der Waals surface area contributed by atoms with Gasteiger partial charge in [0, 0.05) is 50.4 Å². The van der Waals surface area contributed by atoms with E-state index < -0.39 is 0 Å². The topological polar surface area (TPSA) is 54.9 Å². The number of benzene rings is 2. The van der Waals surface area contributed by atoms with E-state index in [1.807, 2.05) is 65.6 Å². The van der Waals surface area contributed by atoms with Crippen LogP contribution in [0.25, 0.3) is 0 Å². The predicted molar refractivity (Wildman–Crippen MR) is 123 cm³/mol. The van der Waals surface area contributed by atoms with Gasteiger partial charge in [-0.3, -0.25) is 14.7 Å². The Morgan fingerprint density at radius 1 is 1.00 bits per heavy atom. The Labute approximate surface area is 189 Å². The van der Waals surface area contributed by atoms with Gasteiger partial charge < -0.3 is 14.4 Å². The van der Waals surface area contributed by atoms with Crippen molar-refractivity contribution in [2.24, 2.45) is 0 Å². The van der Waals surface area contributed by atoms with E-state index in [-0.39, 0.29) is 11.9 Å². The van der Waals surface area contributed by atoms with E-state index in [0.717, 1.165) is 48.0 Å². The molecule has 4 rings (SSSR count). The van der Waals surface area contributed by atoms with Gasteiger partial charge >= 0.3 is 0 Å². The standard InChI is InChI=1S/C26H29N3O3/c1-20(30)29-16-15-28(18-24(29)23-11-4-6-13-26(23)31-2)17-21-9-3-5-12-25(21)32-19-22-10-7-8-14-27-22/h3-14,24H,15-19H2,1-2H3/t24-/m0/s1. The van der Waals surface area contributed by atoms with Crippen LogP contribution in [-0.4, -0.2) is 47.4 Å². The highest BCUT2D eigenvalue weighted by atomic mass is 16.5. The summed E-state index contributed by atoms with van der Waals surface area (Å²) in [6.45, 7) is 5.03. The molecular weight excluding hydrogens is 402 g/mol. The van der Waals surface area contributed by atoms with Crippen LogP contribution in [0, 0.1) is 0 Å². The fourth-order valence-electron chi connectivity index (χ4n) is 4.22. The number of aromatic nitrogens is 1. The molecule has 0 aliphatic carbocycles. The molecule has 166 valence electrons. The van der Waals surface area contributed by atoms with Gasteiger partial charge in [0.25, 0.3) is 0 Å². The van der Waals surface area contributed by atoms with E-state index in [9.17, 15) is 4.79 Å². The van der Waals surface area contributed by atoms with Gasteiger partial charge in [-0.25, -0.2) is 0 Å². The van der Waals surface area contributed by atoms with Crippen LogP contribution in [0.1, 0.15) is 29.8 Å². The zero-order valence-electron chi connectivity index (χ0n) is 18.6. The molecule has 1 aliphatic rings. The summed E-state index contributed by atoms with van der Waals surface area (Å²) in [6.07, 6.45) is 1.77. The Balaban J connectivity index is 1.51. The van der Waals surface area contributed by atoms with Gasteiger partial charge in [-0.2, -0.15) is 0 Å². The number of para-hydroxylation sites is 2. The van der Waals surface area contributed by atoms with Crippen molar-refractivity contribution >= 4 is 5.91 Å². The molecular formula is C26H29N3O3. The molecule has 1 aliphatic heterocycles. The molecule has 2 aromatic carbocycles. The summed E-state index contributed by atoms with van der Waals surface area (Å²) in [4.78, 5) is 21.0. The maximum Gasteiger partial charge on any atom is 0.220 e. The third-order valence-corrected chi connectivity index (χ3v) is 5.84. The third-order valence-electron chi connectivity index (χ3n) is 5.84. The number of carbonyl (C=O) groups is 1. The number of methoxy groups -OCH3 is 1. The molecule has 1 aromatic heterocycles. The van der Waals surface area contributed by atoms with Crippen LogP contribution >= 0.6 is 0 Å². The lowest BCUT2D eigenvalue weighted by molar-refractivity contribution is -0.134. The second-order valence-corrected chi connectivity index (χ2v) is 7.92. The summed E-state index contributed by atoms with van der Waals surface area (Å²) in [5.41, 5.74) is 3.06. The average Bonchev–Trinajstić information content (AvgIpc) is 2.84. The molecule has 2 heterocycles. The van der Waals surface area contributed by atoms with Crippen LogP contribution in [0.2, 0.25) is 0 Å². The average molecular weight is 432 g/mol. The van der Waals surface area contributed by atoms with Crippen molar-refractivity contribution in [3.63, 3.8) is 0 Å². The highest BCUT2D eigenvalue weighted by Gasteiger charge is 2.31. The lowest BCUT2D eigenvalue weighted by atomic mass is 10.0. The molecule has 1 atom stereocenters. The Kier molecular flexibility index (Phi) is 7.02. The molecule has 3 aromatic rings. The Morgan fingerprint density at radius 2 is 1.75 bits per heavy atom. The molecule has 0 N–H and O–H groups in total. The van der Waals surface area contributed by atoms with E-state index in [4.69, 9.17) is 9.47 Å². The van der Waals surface area contributed by atoms with Gasteiger partial charge in [0.15, 0.2) is 0 Å². The van der Waals surface area contributed by atoms with Crippen LogP contribution in [0.3, 0.4) is 0 Å². The molecule has 6 heteroatoms. The smallest absolute Gasteiger partial charge is 0.220 e. The van der Waals surface area contributed by atoms with Gasteiger partial charge in [-0.1, -0.05) is 42.5 Å². The molecule has 6 nitrogen and oxygen atoms in total. The minimum Gasteiger partial charge on any atom is -0.496 e. The van der Waals surface area contributed by atoms with Crippen molar-refractivity contribution < 1.29 is 14.3 Å². The molecule has 0 spiro atoms. The third kappa shape index (κ3) is 5.08. The van der Waals surface area contributed by atoms with Crippen LogP contribution < -0.4 is 9.47 Å². The SMILES string of the molecule is COc1ccccc1[C@@H]1CN(Cc2ccccc2OCc2ccccn2)CCN1C(C)=O. The number of hydrogen-bond acceptors (Lipinski definition) is 5. The Hall–Kier alpha value is -3.38. The molecule has 0 bridgehead atoms. The number of pyridine rings is 1. The van der Waals surface area contributed by atoms with Crippen LogP contribution in [0.15, 0.2) is 72.9 Å². The minimum atomic E-state index is -0.0565. The summed E-state index contributed by atoms with van der Waals surface area (Å²) < 4.78 is 11.7. The van der Waals surface area contributed by atoms with Crippen molar-refractivity contribution in [1.82, 2.24) is 14.8 Å². The minimum absolute atomic E-state index is 0.0565. The van der Waals surface area contributed by atoms with Crippen molar-refractivity contribution in [2.45, 2.75) is 26.1 Å². The predicted octanol–water partition coefficient (Wildman–Crippen LogP) is 4.07. The lowest BCUT2D eigenvalue weighted by Crippen LogP contribution is -2.49. The monoisotopic (exact) mass is 431 g/mol. The van der Waals surface area contributed by atoms with Gasteiger partial charge in [0.05, 0.1) is 18.8 Å². The first-order chi connectivity index (χ1) is 15.7. The fraction of sp³-hybridized carbons (Fsp3) is 0.308. The highest BCUT2D eigenvalue weighted by Crippen LogP contribution is 2.33. The molecule has 0 radical (unpaired) electrons. The van der Waals surface area contributed by atoms with E-state index >= 15 is 0 Å². The number of piperazine rings is 1. The van der Waals surface area contributed by atoms with Crippen LogP contribution in [0.4, 0.5) is 0 Å². The first-order valence-electron chi connectivity index (χ1n) is 10.9. The number of rotatable bonds is 7. The molecule has 1 saturated heterocycles. The molecule has 32 heavy (non-hydrogen) atoms. The van der Waals surface area contributed by atoms with Crippen LogP contribution in [-0.2, 0) is 17.9 Å². The number of ether oxygens (including phenoxy) is 2. The van der Waals surface area contributed by atoms with Gasteiger partial charge in [-0.15, -0.1) is 0 Å². The number of hydrogen-bond donors (Lipinski definition) is 0. The maximum atomic E-state index is 12.4. The number of nitrogens with zero attached hydrogens (tertiary/aromatic N) is 3. The first-order valence-corrected chi connectivity index (χ1v) is 10.9. The molecule has 0 saturated carbocycles. The quantitative estimate of drug-likeness (QED) is 0.564. The first kappa shape index (κ1) is 21.8. The van der Waals surface area contributed by atoms with Gasteiger partial charge in [-0.05, 0) is 24.3 Å². The largest absolute Gasteiger partial charge is 0.496 e. The summed E-state index contributed by atoms with van der Waals surface area (Å²) in [6, 6.07) is 21.8. The van der Waals surface area contributed by atoms with Crippen molar-refractivity contribution in [1.29, 1.82) is 0 Å². The number of carbonyl (C=O) groups excluding carboxylic acids is 1. The summed E-state index contributed by atoms with van der Waals surface area (Å²) in [5.74, 6) is 1.75. The zero-order chi connectivity index (χ0) is 22.3. The van der Waals surface area contributed by atoms with E-state index in [1.54, 1.807) is 20.2 Å². The second kappa shape index (κ2) is 10.3. The second-order valence-electron chi connectivity index (χ2n) is 7.92. The Morgan fingerprint density at radius 3 is 2.50 bits per heavy atom. The summed E-state index contributed by atoms with van der Waals surface area (Å²) in [7, 11) is 1.67. The van der Waals surface area contributed by atoms with E-state index in [0.29, 0.717) is 13.2 Å². The molecule has 0 unspecified atom stereocenters. The maximum absolute atomic E-state index is 12.4. The zero-order valence-corrected chi connectivity index (χ0v) is 18.6. The van der Waals surface area contributed by atoms with E-state index in [1.165, 1.54) is 0 Å². The van der Waals surface area contributed by atoms with E-state index in [2.05, 4.69) is 16.0 Å². The molecule has 1 fully saturated rings. The summed E-state index contributed by atoms with van der Waals surface area (Å²) >= 11 is 0. The summed E-state index contributed by atoms with van der Waals surface area (Å²) in [5, 5.41) is 0. The highest BCUT2D eigenvalue weighted by molar-refractivity contribution is 5.74. The lowest BCUT2D eigenvalue weighted by Gasteiger charge is -2.41. The van der Waals surface area contributed by atoms with Crippen molar-refractivity contribution in [2.75, 3.05) is 26.7 Å². The van der Waals surface area contributed by atoms with Crippen molar-refractivity contribution in [3.8, 4) is 11.5 Å². The van der Waals surface area contributed by atoms with Gasteiger partial charge in [0.1, 0.15) is 18.1 Å². The van der Waals surface area contributed by atoms with Crippen molar-refractivity contribution in [3.05, 3.63) is 89.7 Å². The number of amides is 1. The Bertz CT molecular complexity index is 1040. The van der Waals surface area contributed by atoms with Gasteiger partial charge in [0.2, 0.25) is 5.91 Å². The normalized spacial score (nSPS) is 16.6. The molecule has 1 amide bonds.